The Morgan fingerprint density at radius 3 is 2.48 bits per heavy atom. The summed E-state index contributed by atoms with van der Waals surface area (Å²) in [7, 11) is 1.53. The summed E-state index contributed by atoms with van der Waals surface area (Å²) >= 11 is 2.12. The molecule has 0 atom stereocenters. The molecule has 2 rings (SSSR count). The molecular formula is C16H14F3INO2. The molecular weight excluding hydrogens is 422 g/mol. The summed E-state index contributed by atoms with van der Waals surface area (Å²) < 4.78 is 49.3. The zero-order valence-electron chi connectivity index (χ0n) is 12.3. The van der Waals surface area contributed by atoms with E-state index in [0.29, 0.717) is 23.5 Å². The van der Waals surface area contributed by atoms with Gasteiger partial charge in [-0.25, -0.2) is 0 Å². The highest BCUT2D eigenvalue weighted by Gasteiger charge is 2.32. The summed E-state index contributed by atoms with van der Waals surface area (Å²) in [6, 6.07) is 6.04. The molecule has 0 fully saturated rings. The third kappa shape index (κ3) is 4.49. The van der Waals surface area contributed by atoms with Gasteiger partial charge in [0.25, 0.3) is 0 Å². The number of aromatic nitrogens is 1. The van der Waals surface area contributed by atoms with Crippen LogP contribution in [0.2, 0.25) is 0 Å². The summed E-state index contributed by atoms with van der Waals surface area (Å²) in [5.41, 5.74) is 0.625. The number of pyridine rings is 1. The van der Waals surface area contributed by atoms with Crippen molar-refractivity contribution in [3.8, 4) is 11.5 Å². The minimum atomic E-state index is -4.44. The first-order chi connectivity index (χ1) is 10.8. The van der Waals surface area contributed by atoms with Crippen LogP contribution < -0.4 is 9.47 Å². The first-order valence-corrected chi connectivity index (χ1v) is 7.73. The molecule has 0 bridgehead atoms. The average Bonchev–Trinajstić information content (AvgIpc) is 2.52. The Bertz CT molecular complexity index is 672. The number of methoxy groups -OCH3 is 1. The molecule has 1 aromatic heterocycles. The van der Waals surface area contributed by atoms with Crippen LogP contribution in [0, 0.1) is 10.5 Å². The quantitative estimate of drug-likeness (QED) is 0.639. The zero-order valence-corrected chi connectivity index (χ0v) is 14.4. The maximum atomic E-state index is 12.5. The van der Waals surface area contributed by atoms with Crippen LogP contribution in [0.1, 0.15) is 16.8 Å². The second kappa shape index (κ2) is 7.37. The van der Waals surface area contributed by atoms with Crippen LogP contribution in [0.3, 0.4) is 0 Å². The van der Waals surface area contributed by atoms with Gasteiger partial charge in [-0.3, -0.25) is 4.98 Å². The summed E-state index contributed by atoms with van der Waals surface area (Å²) in [6.45, 7) is 3.92. The van der Waals surface area contributed by atoms with Crippen molar-refractivity contribution in [3.63, 3.8) is 0 Å². The smallest absolute Gasteiger partial charge is 0.433 e. The van der Waals surface area contributed by atoms with E-state index in [2.05, 4.69) is 34.5 Å². The first-order valence-electron chi connectivity index (χ1n) is 6.65. The van der Waals surface area contributed by atoms with E-state index in [1.807, 2.05) is 12.1 Å². The van der Waals surface area contributed by atoms with Crippen LogP contribution in [0.5, 0.6) is 11.5 Å². The molecule has 0 saturated carbocycles. The number of hydrogen-bond acceptors (Lipinski definition) is 3. The molecule has 0 aliphatic heterocycles. The molecule has 123 valence electrons. The van der Waals surface area contributed by atoms with Gasteiger partial charge in [-0.05, 0) is 59.7 Å². The topological polar surface area (TPSA) is 31.4 Å². The van der Waals surface area contributed by atoms with Crippen molar-refractivity contribution >= 4 is 22.6 Å². The van der Waals surface area contributed by atoms with Gasteiger partial charge in [0.15, 0.2) is 11.5 Å². The highest BCUT2D eigenvalue weighted by Crippen LogP contribution is 2.34. The van der Waals surface area contributed by atoms with E-state index in [1.165, 1.54) is 13.2 Å². The fraction of sp³-hybridized carbons (Fsp3) is 0.250. The molecule has 0 aliphatic rings. The predicted molar refractivity (Wildman–Crippen MR) is 88.3 cm³/mol. The number of ether oxygens (including phenoxy) is 2. The summed E-state index contributed by atoms with van der Waals surface area (Å²) in [5.74, 6) is 1.11. The van der Waals surface area contributed by atoms with E-state index in [4.69, 9.17) is 9.47 Å². The van der Waals surface area contributed by atoms with Crippen LogP contribution in [0.25, 0.3) is 0 Å². The number of alkyl halides is 3. The van der Waals surface area contributed by atoms with Crippen LogP contribution in [0.4, 0.5) is 13.2 Å². The Morgan fingerprint density at radius 2 is 1.96 bits per heavy atom. The lowest BCUT2D eigenvalue weighted by Crippen LogP contribution is -2.08. The van der Waals surface area contributed by atoms with E-state index in [-0.39, 0.29) is 6.61 Å². The van der Waals surface area contributed by atoms with Gasteiger partial charge in [-0.1, -0.05) is 6.07 Å². The van der Waals surface area contributed by atoms with Crippen molar-refractivity contribution in [2.45, 2.75) is 19.2 Å². The molecule has 0 spiro atoms. The maximum absolute atomic E-state index is 12.5. The van der Waals surface area contributed by atoms with Gasteiger partial charge < -0.3 is 9.47 Å². The van der Waals surface area contributed by atoms with Crippen molar-refractivity contribution < 1.29 is 22.6 Å². The largest absolute Gasteiger partial charge is 0.493 e. The highest BCUT2D eigenvalue weighted by atomic mass is 127. The lowest BCUT2D eigenvalue weighted by atomic mass is 10.1. The lowest BCUT2D eigenvalue weighted by Gasteiger charge is -2.14. The molecule has 0 unspecified atom stereocenters. The molecule has 23 heavy (non-hydrogen) atoms. The Kier molecular flexibility index (Phi) is 5.72. The van der Waals surface area contributed by atoms with E-state index >= 15 is 0 Å². The van der Waals surface area contributed by atoms with E-state index in [9.17, 15) is 13.2 Å². The minimum Gasteiger partial charge on any atom is -0.493 e. The average molecular weight is 436 g/mol. The monoisotopic (exact) mass is 436 g/mol. The molecule has 0 amide bonds. The predicted octanol–water partition coefficient (Wildman–Crippen LogP) is 4.67. The number of rotatable bonds is 5. The third-order valence-corrected chi connectivity index (χ3v) is 3.88. The van der Waals surface area contributed by atoms with Gasteiger partial charge in [0.2, 0.25) is 0 Å². The van der Waals surface area contributed by atoms with E-state index in [1.54, 1.807) is 0 Å². The van der Waals surface area contributed by atoms with Crippen LogP contribution >= 0.6 is 22.6 Å². The molecule has 1 radical (unpaired) electrons. The molecule has 0 aliphatic carbocycles. The lowest BCUT2D eigenvalue weighted by molar-refractivity contribution is -0.141. The van der Waals surface area contributed by atoms with Gasteiger partial charge in [0, 0.05) is 11.8 Å². The Hall–Kier alpha value is -1.51. The fourth-order valence-corrected chi connectivity index (χ4v) is 2.71. The van der Waals surface area contributed by atoms with Crippen molar-refractivity contribution in [3.05, 3.63) is 57.8 Å². The second-order valence-electron chi connectivity index (χ2n) is 4.70. The first kappa shape index (κ1) is 17.8. The zero-order chi connectivity index (χ0) is 17.0. The van der Waals surface area contributed by atoms with Gasteiger partial charge >= 0.3 is 6.18 Å². The van der Waals surface area contributed by atoms with Crippen molar-refractivity contribution in [2.75, 3.05) is 7.11 Å². The summed E-state index contributed by atoms with van der Waals surface area (Å²) in [5, 5.41) is 0. The fourth-order valence-electron chi connectivity index (χ4n) is 1.89. The number of hydrogen-bond donors (Lipinski definition) is 0. The molecule has 3 nitrogen and oxygen atoms in total. The van der Waals surface area contributed by atoms with Gasteiger partial charge in [0.05, 0.1) is 10.7 Å². The molecule has 0 N–H and O–H groups in total. The van der Waals surface area contributed by atoms with Crippen LogP contribution in [-0.4, -0.2) is 12.1 Å². The Balaban J connectivity index is 2.15. The second-order valence-corrected chi connectivity index (χ2v) is 5.86. The van der Waals surface area contributed by atoms with Crippen molar-refractivity contribution in [2.24, 2.45) is 0 Å². The SMILES string of the molecule is [CH2]Cc1cc(I)c(OCc2ccc(C(F)(F)F)nc2)c(OC)c1. The van der Waals surface area contributed by atoms with E-state index in [0.717, 1.165) is 21.4 Å². The third-order valence-electron chi connectivity index (χ3n) is 3.08. The molecule has 1 aromatic carbocycles. The maximum Gasteiger partial charge on any atom is 0.433 e. The van der Waals surface area contributed by atoms with Gasteiger partial charge in [0.1, 0.15) is 12.3 Å². The Labute approximate surface area is 146 Å². The van der Waals surface area contributed by atoms with Crippen LogP contribution in [0.15, 0.2) is 30.5 Å². The van der Waals surface area contributed by atoms with Crippen LogP contribution in [-0.2, 0) is 19.2 Å². The molecule has 2 aromatic rings. The molecule has 0 saturated heterocycles. The summed E-state index contributed by atoms with van der Waals surface area (Å²) in [6.07, 6.45) is -2.66. The highest BCUT2D eigenvalue weighted by molar-refractivity contribution is 14.1. The normalized spacial score (nSPS) is 11.4. The number of benzene rings is 1. The van der Waals surface area contributed by atoms with E-state index < -0.39 is 11.9 Å². The molecule has 1 heterocycles. The van der Waals surface area contributed by atoms with Gasteiger partial charge in [-0.15, -0.1) is 0 Å². The minimum absolute atomic E-state index is 0.0984. The van der Waals surface area contributed by atoms with Gasteiger partial charge in [-0.2, -0.15) is 13.2 Å². The molecule has 7 heteroatoms. The number of halogens is 4. The summed E-state index contributed by atoms with van der Waals surface area (Å²) in [4.78, 5) is 3.41. The standard InChI is InChI=1S/C16H14F3INO2/c1-3-10-6-12(20)15(13(7-10)22-2)23-9-11-4-5-14(21-8-11)16(17,18)19/h4-8H,1,3,9H2,2H3. The Morgan fingerprint density at radius 1 is 1.22 bits per heavy atom. The number of nitrogens with zero attached hydrogens (tertiary/aromatic N) is 1. The van der Waals surface area contributed by atoms with Crippen molar-refractivity contribution in [1.82, 2.24) is 4.98 Å². The van der Waals surface area contributed by atoms with Crippen molar-refractivity contribution in [1.29, 1.82) is 0 Å².